The SMILES string of the molecule is CCCCCCOc1ccc(C(=O)Nc2ccc(CCC(=O)N(C)C)cc2)cc1. The molecule has 1 N–H and O–H groups in total. The molecule has 0 aliphatic heterocycles. The topological polar surface area (TPSA) is 58.6 Å². The minimum absolute atomic E-state index is 0.107. The summed E-state index contributed by atoms with van der Waals surface area (Å²) in [7, 11) is 3.51. The van der Waals surface area contributed by atoms with Gasteiger partial charge in [0.15, 0.2) is 0 Å². The van der Waals surface area contributed by atoms with E-state index in [1.165, 1.54) is 19.3 Å². The molecular formula is C24H32N2O3. The maximum Gasteiger partial charge on any atom is 0.255 e. The Labute approximate surface area is 174 Å². The lowest BCUT2D eigenvalue weighted by Gasteiger charge is -2.10. The van der Waals surface area contributed by atoms with Gasteiger partial charge in [-0.3, -0.25) is 9.59 Å². The molecule has 0 spiro atoms. The Morgan fingerprint density at radius 2 is 1.62 bits per heavy atom. The van der Waals surface area contributed by atoms with Crippen molar-refractivity contribution in [2.45, 2.75) is 45.4 Å². The van der Waals surface area contributed by atoms with E-state index in [0.29, 0.717) is 25.0 Å². The monoisotopic (exact) mass is 396 g/mol. The van der Waals surface area contributed by atoms with Gasteiger partial charge in [0, 0.05) is 31.8 Å². The van der Waals surface area contributed by atoms with Crippen molar-refractivity contribution in [3.63, 3.8) is 0 Å². The van der Waals surface area contributed by atoms with E-state index >= 15 is 0 Å². The molecule has 2 amide bonds. The average Bonchev–Trinajstić information content (AvgIpc) is 2.73. The number of rotatable bonds is 11. The molecule has 0 heterocycles. The van der Waals surface area contributed by atoms with E-state index in [1.54, 1.807) is 31.1 Å². The molecule has 0 aliphatic rings. The zero-order valence-electron chi connectivity index (χ0n) is 17.7. The summed E-state index contributed by atoms with van der Waals surface area (Å²) in [5, 5.41) is 2.90. The number of carbonyl (C=O) groups excluding carboxylic acids is 2. The number of anilines is 1. The lowest BCUT2D eigenvalue weighted by Crippen LogP contribution is -2.21. The summed E-state index contributed by atoms with van der Waals surface area (Å²) in [5.41, 5.74) is 2.39. The molecule has 5 nitrogen and oxygen atoms in total. The fraction of sp³-hybridized carbons (Fsp3) is 0.417. The molecule has 0 saturated heterocycles. The standard InChI is InChI=1S/C24H32N2O3/c1-4-5-6-7-18-29-22-15-11-20(12-16-22)24(28)25-21-13-8-19(9-14-21)10-17-23(27)26(2)3/h8-9,11-16H,4-7,10,17-18H2,1-3H3,(H,25,28). The van der Waals surface area contributed by atoms with Gasteiger partial charge in [0.05, 0.1) is 6.61 Å². The van der Waals surface area contributed by atoms with Gasteiger partial charge < -0.3 is 15.0 Å². The van der Waals surface area contributed by atoms with Crippen LogP contribution in [0, 0.1) is 0 Å². The Morgan fingerprint density at radius 1 is 0.931 bits per heavy atom. The van der Waals surface area contributed by atoms with Crippen LogP contribution in [-0.2, 0) is 11.2 Å². The maximum absolute atomic E-state index is 12.4. The Balaban J connectivity index is 1.81. The Morgan fingerprint density at radius 3 is 2.24 bits per heavy atom. The third-order valence-corrected chi connectivity index (χ3v) is 4.72. The van der Waals surface area contributed by atoms with Crippen LogP contribution in [0.2, 0.25) is 0 Å². The Hall–Kier alpha value is -2.82. The van der Waals surface area contributed by atoms with Gasteiger partial charge in [0.25, 0.3) is 5.91 Å². The van der Waals surface area contributed by atoms with E-state index in [0.717, 1.165) is 23.4 Å². The van der Waals surface area contributed by atoms with Crippen molar-refractivity contribution in [2.75, 3.05) is 26.0 Å². The first-order chi connectivity index (χ1) is 14.0. The number of amides is 2. The van der Waals surface area contributed by atoms with Crippen molar-refractivity contribution < 1.29 is 14.3 Å². The highest BCUT2D eigenvalue weighted by Gasteiger charge is 2.08. The summed E-state index contributed by atoms with van der Waals surface area (Å²) < 4.78 is 5.71. The molecule has 0 aliphatic carbocycles. The molecule has 0 radical (unpaired) electrons. The van der Waals surface area contributed by atoms with Crippen LogP contribution in [0.15, 0.2) is 48.5 Å². The van der Waals surface area contributed by atoms with Gasteiger partial charge in [-0.15, -0.1) is 0 Å². The number of hydrogen-bond acceptors (Lipinski definition) is 3. The van der Waals surface area contributed by atoms with Crippen molar-refractivity contribution in [1.29, 1.82) is 0 Å². The Bertz CT molecular complexity index is 768. The molecule has 2 rings (SSSR count). The van der Waals surface area contributed by atoms with Crippen molar-refractivity contribution in [3.05, 3.63) is 59.7 Å². The van der Waals surface area contributed by atoms with Crippen molar-refractivity contribution in [1.82, 2.24) is 4.90 Å². The summed E-state index contributed by atoms with van der Waals surface area (Å²) >= 11 is 0. The second kappa shape index (κ2) is 11.9. The number of unbranched alkanes of at least 4 members (excludes halogenated alkanes) is 3. The molecule has 5 heteroatoms. The average molecular weight is 397 g/mol. The summed E-state index contributed by atoms with van der Waals surface area (Å²) in [6.07, 6.45) is 5.84. The largest absolute Gasteiger partial charge is 0.494 e. The zero-order valence-corrected chi connectivity index (χ0v) is 17.7. The van der Waals surface area contributed by atoms with Crippen LogP contribution in [0.5, 0.6) is 5.75 Å². The van der Waals surface area contributed by atoms with Crippen LogP contribution < -0.4 is 10.1 Å². The smallest absolute Gasteiger partial charge is 0.255 e. The Kier molecular flexibility index (Phi) is 9.22. The number of nitrogens with zero attached hydrogens (tertiary/aromatic N) is 1. The minimum atomic E-state index is -0.157. The number of hydrogen-bond donors (Lipinski definition) is 1. The highest BCUT2D eigenvalue weighted by Crippen LogP contribution is 2.16. The highest BCUT2D eigenvalue weighted by molar-refractivity contribution is 6.04. The summed E-state index contributed by atoms with van der Waals surface area (Å²) in [4.78, 5) is 25.7. The second-order valence-corrected chi connectivity index (χ2v) is 7.37. The van der Waals surface area contributed by atoms with E-state index in [9.17, 15) is 9.59 Å². The molecule has 0 bridgehead atoms. The predicted octanol–water partition coefficient (Wildman–Crippen LogP) is 4.92. The van der Waals surface area contributed by atoms with E-state index in [1.807, 2.05) is 36.4 Å². The molecule has 0 saturated carbocycles. The normalized spacial score (nSPS) is 10.4. The molecule has 156 valence electrons. The van der Waals surface area contributed by atoms with Crippen LogP contribution in [0.1, 0.15) is 54.9 Å². The summed E-state index contributed by atoms with van der Waals surface area (Å²) in [6, 6.07) is 14.8. The number of ether oxygens (including phenoxy) is 1. The van der Waals surface area contributed by atoms with Crippen LogP contribution >= 0.6 is 0 Å². The van der Waals surface area contributed by atoms with Gasteiger partial charge >= 0.3 is 0 Å². The third kappa shape index (κ3) is 7.98. The molecule has 2 aromatic rings. The fourth-order valence-electron chi connectivity index (χ4n) is 2.85. The quantitative estimate of drug-likeness (QED) is 0.549. The lowest BCUT2D eigenvalue weighted by molar-refractivity contribution is -0.128. The summed E-state index contributed by atoms with van der Waals surface area (Å²) in [5.74, 6) is 0.737. The number of benzene rings is 2. The van der Waals surface area contributed by atoms with Gasteiger partial charge in [-0.2, -0.15) is 0 Å². The highest BCUT2D eigenvalue weighted by atomic mass is 16.5. The molecule has 2 aromatic carbocycles. The molecule has 0 aromatic heterocycles. The van der Waals surface area contributed by atoms with Crippen molar-refractivity contribution in [3.8, 4) is 5.75 Å². The molecule has 29 heavy (non-hydrogen) atoms. The molecule has 0 fully saturated rings. The summed E-state index contributed by atoms with van der Waals surface area (Å²) in [6.45, 7) is 2.89. The van der Waals surface area contributed by atoms with Gasteiger partial charge in [-0.05, 0) is 54.8 Å². The second-order valence-electron chi connectivity index (χ2n) is 7.37. The van der Waals surface area contributed by atoms with Gasteiger partial charge in [-0.25, -0.2) is 0 Å². The first kappa shape index (κ1) is 22.5. The van der Waals surface area contributed by atoms with Crippen LogP contribution in [0.25, 0.3) is 0 Å². The predicted molar refractivity (Wildman–Crippen MR) is 117 cm³/mol. The molecule has 0 unspecified atom stereocenters. The third-order valence-electron chi connectivity index (χ3n) is 4.72. The van der Waals surface area contributed by atoms with E-state index in [-0.39, 0.29) is 11.8 Å². The van der Waals surface area contributed by atoms with Crippen LogP contribution in [0.3, 0.4) is 0 Å². The van der Waals surface area contributed by atoms with Gasteiger partial charge in [0.2, 0.25) is 5.91 Å². The maximum atomic E-state index is 12.4. The van der Waals surface area contributed by atoms with Crippen molar-refractivity contribution >= 4 is 17.5 Å². The van der Waals surface area contributed by atoms with Crippen LogP contribution in [-0.4, -0.2) is 37.4 Å². The molecule has 0 atom stereocenters. The number of nitrogens with one attached hydrogen (secondary N) is 1. The lowest BCUT2D eigenvalue weighted by atomic mass is 10.1. The minimum Gasteiger partial charge on any atom is -0.494 e. The van der Waals surface area contributed by atoms with Crippen molar-refractivity contribution in [2.24, 2.45) is 0 Å². The number of carbonyl (C=O) groups is 2. The zero-order chi connectivity index (χ0) is 21.1. The van der Waals surface area contributed by atoms with Gasteiger partial charge in [-0.1, -0.05) is 38.3 Å². The van der Waals surface area contributed by atoms with Crippen LogP contribution in [0.4, 0.5) is 5.69 Å². The van der Waals surface area contributed by atoms with E-state index in [2.05, 4.69) is 12.2 Å². The van der Waals surface area contributed by atoms with E-state index < -0.39 is 0 Å². The van der Waals surface area contributed by atoms with Gasteiger partial charge in [0.1, 0.15) is 5.75 Å². The first-order valence-corrected chi connectivity index (χ1v) is 10.3. The van der Waals surface area contributed by atoms with E-state index in [4.69, 9.17) is 4.74 Å². The number of aryl methyl sites for hydroxylation is 1. The molecular weight excluding hydrogens is 364 g/mol. The fourth-order valence-corrected chi connectivity index (χ4v) is 2.85. The first-order valence-electron chi connectivity index (χ1n) is 10.3.